The van der Waals surface area contributed by atoms with Crippen molar-refractivity contribution in [3.05, 3.63) is 83.4 Å². The Balaban J connectivity index is 1.40. The second kappa shape index (κ2) is 10.5. The smallest absolute Gasteiger partial charge is 0.248 e. The van der Waals surface area contributed by atoms with Gasteiger partial charge in [0.05, 0.1) is 17.3 Å². The average molecular weight is 477 g/mol. The number of aromatic nitrogens is 2. The van der Waals surface area contributed by atoms with E-state index in [2.05, 4.69) is 25.5 Å². The summed E-state index contributed by atoms with van der Waals surface area (Å²) in [4.78, 5) is 36.2. The van der Waals surface area contributed by atoms with Gasteiger partial charge in [0.2, 0.25) is 11.8 Å². The number of amides is 2. The first-order valence-electron chi connectivity index (χ1n) is 10.8. The summed E-state index contributed by atoms with van der Waals surface area (Å²) in [5.74, 6) is -0.220. The molecule has 0 aliphatic carbocycles. The van der Waals surface area contributed by atoms with Crippen LogP contribution in [0.2, 0.25) is 5.02 Å². The number of nitrogen functional groups attached to an aromatic ring is 1. The maximum Gasteiger partial charge on any atom is 0.248 e. The Morgan fingerprint density at radius 3 is 2.47 bits per heavy atom. The Morgan fingerprint density at radius 1 is 1.06 bits per heavy atom. The van der Waals surface area contributed by atoms with Crippen LogP contribution in [0.1, 0.15) is 17.3 Å². The van der Waals surface area contributed by atoms with Crippen LogP contribution in [0.4, 0.5) is 17.1 Å². The third-order valence-corrected chi connectivity index (χ3v) is 5.87. The van der Waals surface area contributed by atoms with E-state index in [0.717, 1.165) is 0 Å². The fraction of sp³-hybridized carbons (Fsp3) is 0.200. The van der Waals surface area contributed by atoms with Gasteiger partial charge < -0.3 is 21.3 Å². The van der Waals surface area contributed by atoms with E-state index in [1.165, 1.54) is 6.08 Å². The number of benzene rings is 2. The predicted molar refractivity (Wildman–Crippen MR) is 134 cm³/mol. The van der Waals surface area contributed by atoms with Crippen LogP contribution < -0.4 is 16.4 Å². The molecule has 1 aromatic heterocycles. The van der Waals surface area contributed by atoms with Crippen molar-refractivity contribution in [1.82, 2.24) is 14.9 Å². The highest BCUT2D eigenvalue weighted by Crippen LogP contribution is 2.31. The SMILES string of the molecule is CN1CC(C(=O)Nc2ccc(Cl)cc2)C(c2ncc(/C=C/C(=O)Nc3ccccc3N)cn2)C1. The molecule has 2 amide bonds. The molecule has 8 nitrogen and oxygen atoms in total. The van der Waals surface area contributed by atoms with E-state index in [9.17, 15) is 9.59 Å². The first-order chi connectivity index (χ1) is 16.4. The van der Waals surface area contributed by atoms with Crippen LogP contribution in [-0.4, -0.2) is 46.8 Å². The summed E-state index contributed by atoms with van der Waals surface area (Å²) >= 11 is 5.92. The molecule has 174 valence electrons. The minimum absolute atomic E-state index is 0.0823. The van der Waals surface area contributed by atoms with Crippen molar-refractivity contribution >= 4 is 46.6 Å². The molecule has 1 saturated heterocycles. The van der Waals surface area contributed by atoms with Gasteiger partial charge in [-0.1, -0.05) is 23.7 Å². The van der Waals surface area contributed by atoms with Crippen LogP contribution in [0, 0.1) is 5.92 Å². The van der Waals surface area contributed by atoms with Gasteiger partial charge in [-0.2, -0.15) is 0 Å². The van der Waals surface area contributed by atoms with Crippen LogP contribution in [0.25, 0.3) is 6.08 Å². The fourth-order valence-corrected chi connectivity index (χ4v) is 4.00. The highest BCUT2D eigenvalue weighted by molar-refractivity contribution is 6.30. The number of halogens is 1. The maximum atomic E-state index is 13.0. The summed E-state index contributed by atoms with van der Waals surface area (Å²) in [6.45, 7) is 1.28. The topological polar surface area (TPSA) is 113 Å². The number of para-hydroxylation sites is 2. The van der Waals surface area contributed by atoms with Crippen molar-refractivity contribution in [1.29, 1.82) is 0 Å². The number of nitrogens with two attached hydrogens (primary N) is 1. The minimum atomic E-state index is -0.307. The van der Waals surface area contributed by atoms with Crippen LogP contribution in [0.5, 0.6) is 0 Å². The quantitative estimate of drug-likeness (QED) is 0.369. The number of nitrogens with zero attached hydrogens (tertiary/aromatic N) is 3. The molecule has 0 bridgehead atoms. The lowest BCUT2D eigenvalue weighted by Gasteiger charge is -2.17. The van der Waals surface area contributed by atoms with E-state index >= 15 is 0 Å². The van der Waals surface area contributed by atoms with Gasteiger partial charge in [-0.3, -0.25) is 9.59 Å². The zero-order chi connectivity index (χ0) is 24.1. The van der Waals surface area contributed by atoms with E-state index in [1.54, 1.807) is 67.0 Å². The first kappa shape index (κ1) is 23.4. The maximum absolute atomic E-state index is 13.0. The molecule has 3 aromatic rings. The molecule has 34 heavy (non-hydrogen) atoms. The van der Waals surface area contributed by atoms with Gasteiger partial charge in [0.1, 0.15) is 5.82 Å². The molecule has 4 N–H and O–H groups in total. The van der Waals surface area contributed by atoms with E-state index in [4.69, 9.17) is 17.3 Å². The highest BCUT2D eigenvalue weighted by atomic mass is 35.5. The zero-order valence-corrected chi connectivity index (χ0v) is 19.4. The van der Waals surface area contributed by atoms with E-state index in [-0.39, 0.29) is 23.7 Å². The number of hydrogen-bond acceptors (Lipinski definition) is 6. The van der Waals surface area contributed by atoms with Crippen molar-refractivity contribution in [2.75, 3.05) is 36.5 Å². The van der Waals surface area contributed by atoms with Gasteiger partial charge in [-0.25, -0.2) is 9.97 Å². The number of carbonyl (C=O) groups excluding carboxylic acids is 2. The molecule has 4 rings (SSSR count). The highest BCUT2D eigenvalue weighted by Gasteiger charge is 2.38. The standard InChI is InChI=1S/C25H25ClN6O2/c1-32-14-19(20(15-32)25(34)30-18-9-7-17(26)8-10-18)24-28-12-16(13-29-24)6-11-23(33)31-22-5-3-2-4-21(22)27/h2-13,19-20H,14-15,27H2,1H3,(H,30,34)(H,31,33)/b11-6+. The molecule has 1 aliphatic heterocycles. The molecule has 0 radical (unpaired) electrons. The van der Waals surface area contributed by atoms with Crippen molar-refractivity contribution in [2.24, 2.45) is 5.92 Å². The lowest BCUT2D eigenvalue weighted by atomic mass is 9.94. The molecule has 9 heteroatoms. The van der Waals surface area contributed by atoms with Gasteiger partial charge >= 0.3 is 0 Å². The molecule has 1 fully saturated rings. The minimum Gasteiger partial charge on any atom is -0.397 e. The van der Waals surface area contributed by atoms with Crippen molar-refractivity contribution < 1.29 is 9.59 Å². The summed E-state index contributed by atoms with van der Waals surface area (Å²) in [6, 6.07) is 14.1. The van der Waals surface area contributed by atoms with Gasteiger partial charge in [0, 0.05) is 53.8 Å². The molecule has 0 saturated carbocycles. The molecule has 2 heterocycles. The van der Waals surface area contributed by atoms with Crippen molar-refractivity contribution in [3.8, 4) is 0 Å². The third-order valence-electron chi connectivity index (χ3n) is 5.62. The average Bonchev–Trinajstić information content (AvgIpc) is 3.23. The van der Waals surface area contributed by atoms with Gasteiger partial charge in [-0.05, 0) is 49.5 Å². The molecule has 1 aliphatic rings. The van der Waals surface area contributed by atoms with E-state index in [0.29, 0.717) is 46.6 Å². The summed E-state index contributed by atoms with van der Waals surface area (Å²) < 4.78 is 0. The van der Waals surface area contributed by atoms with E-state index < -0.39 is 0 Å². The summed E-state index contributed by atoms with van der Waals surface area (Å²) in [6.07, 6.45) is 6.32. The summed E-state index contributed by atoms with van der Waals surface area (Å²) in [5, 5.41) is 6.30. The molecular formula is C25H25ClN6O2. The van der Waals surface area contributed by atoms with Crippen LogP contribution >= 0.6 is 11.6 Å². The monoisotopic (exact) mass is 476 g/mol. The third kappa shape index (κ3) is 5.78. The van der Waals surface area contributed by atoms with Crippen molar-refractivity contribution in [2.45, 2.75) is 5.92 Å². The van der Waals surface area contributed by atoms with Crippen molar-refractivity contribution in [3.63, 3.8) is 0 Å². The number of nitrogens with one attached hydrogen (secondary N) is 2. The second-order valence-electron chi connectivity index (χ2n) is 8.21. The number of rotatable bonds is 6. The lowest BCUT2D eigenvalue weighted by Crippen LogP contribution is -2.29. The molecule has 2 atom stereocenters. The number of carbonyl (C=O) groups is 2. The normalized spacial score (nSPS) is 18.2. The predicted octanol–water partition coefficient (Wildman–Crippen LogP) is 3.65. The fourth-order valence-electron chi connectivity index (χ4n) is 3.88. The Kier molecular flexibility index (Phi) is 7.20. The molecule has 0 spiro atoms. The van der Waals surface area contributed by atoms with Crippen LogP contribution in [0.3, 0.4) is 0 Å². The largest absolute Gasteiger partial charge is 0.397 e. The number of likely N-dealkylation sites (tertiary alicyclic amines) is 1. The Morgan fingerprint density at radius 2 is 1.76 bits per heavy atom. The lowest BCUT2D eigenvalue weighted by molar-refractivity contribution is -0.120. The van der Waals surface area contributed by atoms with Gasteiger partial charge in [0.15, 0.2) is 0 Å². The zero-order valence-electron chi connectivity index (χ0n) is 18.6. The Hall–Kier alpha value is -3.75. The Labute approximate surface area is 202 Å². The van der Waals surface area contributed by atoms with Gasteiger partial charge in [-0.15, -0.1) is 0 Å². The molecule has 2 aromatic carbocycles. The van der Waals surface area contributed by atoms with Gasteiger partial charge in [0.25, 0.3) is 0 Å². The molecule has 2 unspecified atom stereocenters. The Bertz CT molecular complexity index is 1200. The number of anilines is 3. The van der Waals surface area contributed by atoms with Crippen LogP contribution in [-0.2, 0) is 9.59 Å². The summed E-state index contributed by atoms with van der Waals surface area (Å²) in [7, 11) is 1.97. The van der Waals surface area contributed by atoms with E-state index in [1.807, 2.05) is 7.05 Å². The summed E-state index contributed by atoms with van der Waals surface area (Å²) in [5.41, 5.74) is 8.26. The number of hydrogen-bond donors (Lipinski definition) is 3. The second-order valence-corrected chi connectivity index (χ2v) is 8.65. The molecular weight excluding hydrogens is 452 g/mol. The van der Waals surface area contributed by atoms with Crippen LogP contribution in [0.15, 0.2) is 67.0 Å². The first-order valence-corrected chi connectivity index (χ1v) is 11.2. The number of likely N-dealkylation sites (N-methyl/N-ethyl adjacent to an activating group) is 1.